The molecule has 2 saturated carbocycles. The van der Waals surface area contributed by atoms with Crippen LogP contribution in [0.15, 0.2) is 54.7 Å². The van der Waals surface area contributed by atoms with Crippen LogP contribution in [-0.2, 0) is 14.6 Å². The molecule has 3 aliphatic rings. The van der Waals surface area contributed by atoms with Crippen molar-refractivity contribution in [1.29, 1.82) is 5.26 Å². The number of aromatic nitrogens is 2. The van der Waals surface area contributed by atoms with E-state index in [0.29, 0.717) is 24.5 Å². The van der Waals surface area contributed by atoms with Gasteiger partial charge in [0.1, 0.15) is 5.78 Å². The molecule has 40 heavy (non-hydrogen) atoms. The van der Waals surface area contributed by atoms with Crippen molar-refractivity contribution < 1.29 is 13.2 Å². The number of ketones is 1. The molecule has 2 aromatic carbocycles. The fourth-order valence-electron chi connectivity index (χ4n) is 6.25. The number of sulfone groups is 1. The predicted octanol–water partition coefficient (Wildman–Crippen LogP) is 5.96. The van der Waals surface area contributed by atoms with E-state index in [9.17, 15) is 18.5 Å². The molecule has 1 aromatic heterocycles. The van der Waals surface area contributed by atoms with Gasteiger partial charge in [0.25, 0.3) is 0 Å². The molecule has 0 radical (unpaired) electrons. The Bertz CT molecular complexity index is 1560. The number of benzene rings is 2. The molecule has 6 rings (SSSR count). The van der Waals surface area contributed by atoms with Crippen molar-refractivity contribution in [2.75, 3.05) is 29.5 Å². The molecule has 1 saturated heterocycles. The van der Waals surface area contributed by atoms with Gasteiger partial charge in [0.05, 0.1) is 39.4 Å². The number of carbonyl (C=O) groups excluding carboxylic acids is 1. The monoisotopic (exact) mass is 576 g/mol. The lowest BCUT2D eigenvalue weighted by Gasteiger charge is -2.31. The Kier molecular flexibility index (Phi) is 7.22. The second-order valence-electron chi connectivity index (χ2n) is 11.5. The molecule has 2 heterocycles. The molecule has 7 nitrogen and oxygen atoms in total. The summed E-state index contributed by atoms with van der Waals surface area (Å²) in [5, 5.41) is 15.3. The van der Waals surface area contributed by atoms with E-state index in [2.05, 4.69) is 23.1 Å². The Balaban J connectivity index is 1.36. The standard InChI is InChI=1S/C31H33ClN4O3S/c32-27-7-3-4-8-28(27)36-20-26(22-9-11-23(12-10-22)35-15-17-40(38,39)18-16-35)30(34-36)25-6-2-1-5-24(25)29(37)19-31(21-33)13-14-31/h3-4,7-12,20,24-25H,1-2,5-6,13-19H2/t24-,25-/m1/s1. The third-order valence-electron chi connectivity index (χ3n) is 8.86. The van der Waals surface area contributed by atoms with Gasteiger partial charge < -0.3 is 4.90 Å². The number of anilines is 1. The first-order valence-electron chi connectivity index (χ1n) is 14.1. The predicted molar refractivity (Wildman–Crippen MR) is 156 cm³/mol. The maximum absolute atomic E-state index is 13.6. The first-order chi connectivity index (χ1) is 19.3. The van der Waals surface area contributed by atoms with Crippen LogP contribution in [0.2, 0.25) is 5.02 Å². The SMILES string of the molecule is N#CC1(CC(=O)[C@@H]2CCCC[C@H]2c2nn(-c3ccccc3Cl)cc2-c2ccc(N3CCS(=O)(=O)CC3)cc2)CC1. The molecule has 2 atom stereocenters. The second kappa shape index (κ2) is 10.7. The third-order valence-corrected chi connectivity index (χ3v) is 10.8. The zero-order chi connectivity index (χ0) is 27.9. The first-order valence-corrected chi connectivity index (χ1v) is 16.3. The number of halogens is 1. The van der Waals surface area contributed by atoms with Crippen molar-refractivity contribution in [3.63, 3.8) is 0 Å². The molecule has 0 unspecified atom stereocenters. The molecule has 208 valence electrons. The van der Waals surface area contributed by atoms with Gasteiger partial charge in [-0.2, -0.15) is 10.4 Å². The van der Waals surface area contributed by atoms with E-state index >= 15 is 0 Å². The summed E-state index contributed by atoms with van der Waals surface area (Å²) in [6.07, 6.45) is 7.71. The third kappa shape index (κ3) is 5.42. The van der Waals surface area contributed by atoms with E-state index in [1.807, 2.05) is 47.3 Å². The minimum Gasteiger partial charge on any atom is -0.369 e. The van der Waals surface area contributed by atoms with Crippen LogP contribution >= 0.6 is 11.6 Å². The Morgan fingerprint density at radius 3 is 2.42 bits per heavy atom. The van der Waals surface area contributed by atoms with Crippen molar-refractivity contribution in [1.82, 2.24) is 9.78 Å². The van der Waals surface area contributed by atoms with Crippen LogP contribution in [-0.4, -0.2) is 48.6 Å². The van der Waals surface area contributed by atoms with Crippen LogP contribution < -0.4 is 4.90 Å². The van der Waals surface area contributed by atoms with Crippen LogP contribution in [0.4, 0.5) is 5.69 Å². The number of hydrogen-bond donors (Lipinski definition) is 0. The minimum atomic E-state index is -2.95. The van der Waals surface area contributed by atoms with Gasteiger partial charge in [-0.1, -0.05) is 48.7 Å². The van der Waals surface area contributed by atoms with Gasteiger partial charge in [-0.05, 0) is 55.5 Å². The van der Waals surface area contributed by atoms with E-state index in [1.165, 1.54) is 0 Å². The van der Waals surface area contributed by atoms with E-state index in [0.717, 1.165) is 66.7 Å². The lowest BCUT2D eigenvalue weighted by atomic mass is 9.72. The highest BCUT2D eigenvalue weighted by atomic mass is 35.5. The number of Topliss-reactive ketones (excluding diaryl/α,β-unsaturated/α-hetero) is 1. The molecule has 9 heteroatoms. The number of rotatable bonds is 7. The minimum absolute atomic E-state index is 0.0264. The molecule has 2 aliphatic carbocycles. The molecule has 0 spiro atoms. The average molecular weight is 577 g/mol. The van der Waals surface area contributed by atoms with Gasteiger partial charge in [0.2, 0.25) is 0 Å². The van der Waals surface area contributed by atoms with Crippen molar-refractivity contribution >= 4 is 32.9 Å². The number of para-hydroxylation sites is 1. The normalized spacial score (nSPS) is 23.4. The maximum Gasteiger partial charge on any atom is 0.153 e. The summed E-state index contributed by atoms with van der Waals surface area (Å²) >= 11 is 6.56. The van der Waals surface area contributed by atoms with E-state index in [1.54, 1.807) is 0 Å². The van der Waals surface area contributed by atoms with E-state index < -0.39 is 15.3 Å². The quantitative estimate of drug-likeness (QED) is 0.344. The second-order valence-corrected chi connectivity index (χ2v) is 14.3. The summed E-state index contributed by atoms with van der Waals surface area (Å²) in [7, 11) is -2.95. The summed E-state index contributed by atoms with van der Waals surface area (Å²) in [5.41, 5.74) is 4.19. The Morgan fingerprint density at radius 2 is 1.75 bits per heavy atom. The van der Waals surface area contributed by atoms with Gasteiger partial charge in [-0.3, -0.25) is 4.79 Å². The van der Waals surface area contributed by atoms with Crippen LogP contribution in [0.1, 0.15) is 56.6 Å². The van der Waals surface area contributed by atoms with E-state index in [4.69, 9.17) is 16.7 Å². The zero-order valence-electron chi connectivity index (χ0n) is 22.4. The zero-order valence-corrected chi connectivity index (χ0v) is 24.0. The van der Waals surface area contributed by atoms with Gasteiger partial charge in [0.15, 0.2) is 9.84 Å². The molecule has 0 amide bonds. The molecule has 3 aromatic rings. The number of carbonyl (C=O) groups is 1. The summed E-state index contributed by atoms with van der Waals surface area (Å²) in [5.74, 6) is 0.364. The summed E-state index contributed by atoms with van der Waals surface area (Å²) in [4.78, 5) is 15.7. The summed E-state index contributed by atoms with van der Waals surface area (Å²) in [6, 6.07) is 18.2. The van der Waals surface area contributed by atoms with Crippen molar-refractivity contribution in [2.24, 2.45) is 11.3 Å². The number of nitriles is 1. The fourth-order valence-corrected chi connectivity index (χ4v) is 7.68. The average Bonchev–Trinajstić information content (AvgIpc) is 3.60. The summed E-state index contributed by atoms with van der Waals surface area (Å²) < 4.78 is 25.6. The fraction of sp³-hybridized carbons (Fsp3) is 0.452. The van der Waals surface area contributed by atoms with Crippen LogP contribution in [0.5, 0.6) is 0 Å². The van der Waals surface area contributed by atoms with Gasteiger partial charge in [0, 0.05) is 48.8 Å². The van der Waals surface area contributed by atoms with Crippen molar-refractivity contribution in [2.45, 2.75) is 50.9 Å². The first kappa shape index (κ1) is 27.0. The Morgan fingerprint density at radius 1 is 1.05 bits per heavy atom. The highest BCUT2D eigenvalue weighted by molar-refractivity contribution is 7.91. The highest BCUT2D eigenvalue weighted by Crippen LogP contribution is 2.51. The van der Waals surface area contributed by atoms with Crippen molar-refractivity contribution in [3.8, 4) is 22.9 Å². The van der Waals surface area contributed by atoms with Crippen LogP contribution in [0, 0.1) is 22.7 Å². The van der Waals surface area contributed by atoms with Gasteiger partial charge >= 0.3 is 0 Å². The summed E-state index contributed by atoms with van der Waals surface area (Å²) in [6.45, 7) is 0.987. The van der Waals surface area contributed by atoms with Crippen LogP contribution in [0.25, 0.3) is 16.8 Å². The highest BCUT2D eigenvalue weighted by Gasteiger charge is 2.47. The molecule has 0 bridgehead atoms. The largest absolute Gasteiger partial charge is 0.369 e. The molecular formula is C31H33ClN4O3S. The van der Waals surface area contributed by atoms with Crippen molar-refractivity contribution in [3.05, 3.63) is 65.4 Å². The topological polar surface area (TPSA) is 96.1 Å². The molecular weight excluding hydrogens is 544 g/mol. The number of hydrogen-bond acceptors (Lipinski definition) is 6. The smallest absolute Gasteiger partial charge is 0.153 e. The van der Waals surface area contributed by atoms with Crippen LogP contribution in [0.3, 0.4) is 0 Å². The molecule has 3 fully saturated rings. The lowest BCUT2D eigenvalue weighted by Crippen LogP contribution is -2.40. The Hall–Kier alpha value is -3.15. The maximum atomic E-state index is 13.6. The van der Waals surface area contributed by atoms with Gasteiger partial charge in [-0.15, -0.1) is 0 Å². The molecule has 0 N–H and O–H groups in total. The lowest BCUT2D eigenvalue weighted by molar-refractivity contribution is -0.125. The molecule has 1 aliphatic heterocycles. The van der Waals surface area contributed by atoms with Gasteiger partial charge in [-0.25, -0.2) is 13.1 Å². The number of nitrogens with zero attached hydrogens (tertiary/aromatic N) is 4. The van der Waals surface area contributed by atoms with E-state index in [-0.39, 0.29) is 29.1 Å². The Labute approximate surface area is 240 Å².